The van der Waals surface area contributed by atoms with Gasteiger partial charge >= 0.3 is 5.97 Å². The van der Waals surface area contributed by atoms with Gasteiger partial charge in [-0.1, -0.05) is 43.2 Å². The predicted octanol–water partition coefficient (Wildman–Crippen LogP) is 1.06. The van der Waals surface area contributed by atoms with Gasteiger partial charge in [-0.3, -0.25) is 0 Å². The summed E-state index contributed by atoms with van der Waals surface area (Å²) in [7, 11) is 0. The van der Waals surface area contributed by atoms with Crippen LogP contribution in [0.4, 0.5) is 0 Å². The van der Waals surface area contributed by atoms with Crippen molar-refractivity contribution in [2.24, 2.45) is 11.8 Å². The zero-order chi connectivity index (χ0) is 19.2. The van der Waals surface area contributed by atoms with E-state index in [1.54, 1.807) is 30.3 Å². The van der Waals surface area contributed by atoms with Crippen molar-refractivity contribution < 1.29 is 25.2 Å². The van der Waals surface area contributed by atoms with Gasteiger partial charge < -0.3 is 25.7 Å². The number of benzene rings is 1. The van der Waals surface area contributed by atoms with E-state index >= 15 is 0 Å². The van der Waals surface area contributed by atoms with E-state index in [1.165, 1.54) is 0 Å². The van der Waals surface area contributed by atoms with Crippen molar-refractivity contribution >= 4 is 5.97 Å². The van der Waals surface area contributed by atoms with Crippen molar-refractivity contribution in [2.45, 2.75) is 50.5 Å². The molecule has 2 rings (SSSR count). The molecule has 1 aromatic rings. The zero-order valence-corrected chi connectivity index (χ0v) is 14.9. The minimum atomic E-state index is -2.00. The second-order valence-electron chi connectivity index (χ2n) is 6.72. The first-order chi connectivity index (χ1) is 12.4. The van der Waals surface area contributed by atoms with E-state index in [9.17, 15) is 15.0 Å². The molecule has 6 nitrogen and oxygen atoms in total. The summed E-state index contributed by atoms with van der Waals surface area (Å²) in [6, 6.07) is 8.46. The Kier molecular flexibility index (Phi) is 7.18. The highest BCUT2D eigenvalue weighted by Crippen LogP contribution is 2.43. The minimum Gasteiger partial charge on any atom is -0.479 e. The number of aliphatic carboxylic acids is 1. The van der Waals surface area contributed by atoms with Crippen LogP contribution >= 0.6 is 0 Å². The third kappa shape index (κ3) is 4.63. The first kappa shape index (κ1) is 20.4. The van der Waals surface area contributed by atoms with Crippen LogP contribution in [0.3, 0.4) is 0 Å². The molecule has 5 N–H and O–H groups in total. The highest BCUT2D eigenvalue weighted by molar-refractivity contribution is 5.79. The van der Waals surface area contributed by atoms with Crippen molar-refractivity contribution in [2.75, 3.05) is 6.54 Å². The molecule has 0 aromatic heterocycles. The summed E-state index contributed by atoms with van der Waals surface area (Å²) in [5, 5.41) is 42.2. The van der Waals surface area contributed by atoms with Gasteiger partial charge in [0.05, 0.1) is 0 Å². The summed E-state index contributed by atoms with van der Waals surface area (Å²) in [4.78, 5) is 12.1. The molecule has 0 bridgehead atoms. The van der Waals surface area contributed by atoms with E-state index in [-0.39, 0.29) is 18.5 Å². The largest absolute Gasteiger partial charge is 0.479 e. The molecule has 1 fully saturated rings. The van der Waals surface area contributed by atoms with E-state index in [0.29, 0.717) is 31.2 Å². The van der Waals surface area contributed by atoms with Crippen LogP contribution in [-0.2, 0) is 10.4 Å². The molecule has 1 aliphatic carbocycles. The van der Waals surface area contributed by atoms with Crippen LogP contribution in [0.25, 0.3) is 0 Å². The number of hydrogen-bond acceptors (Lipinski definition) is 5. The molecule has 3 unspecified atom stereocenters. The summed E-state index contributed by atoms with van der Waals surface area (Å²) in [5.74, 6) is 4.03. The Morgan fingerprint density at radius 1 is 1.31 bits per heavy atom. The van der Waals surface area contributed by atoms with Crippen LogP contribution in [-0.4, -0.2) is 45.3 Å². The smallest absolute Gasteiger partial charge is 0.340 e. The molecule has 0 aliphatic heterocycles. The maximum Gasteiger partial charge on any atom is 0.340 e. The third-order valence-electron chi connectivity index (χ3n) is 4.98. The van der Waals surface area contributed by atoms with Crippen LogP contribution < -0.4 is 5.32 Å². The lowest BCUT2D eigenvalue weighted by molar-refractivity contribution is -0.170. The van der Waals surface area contributed by atoms with E-state index in [2.05, 4.69) is 17.2 Å². The summed E-state index contributed by atoms with van der Waals surface area (Å²) in [6.45, 7) is 1.97. The number of aliphatic hydroxyl groups excluding tert-OH is 1. The van der Waals surface area contributed by atoms with E-state index < -0.39 is 23.8 Å². The molecule has 1 saturated carbocycles. The van der Waals surface area contributed by atoms with E-state index in [4.69, 9.17) is 10.2 Å². The number of nitrogens with one attached hydrogen (secondary N) is 1. The second kappa shape index (κ2) is 9.15. The van der Waals surface area contributed by atoms with E-state index in [0.717, 1.165) is 0 Å². The number of carboxylic acid groups (broad SMARTS) is 1. The molecule has 1 aliphatic rings. The van der Waals surface area contributed by atoms with Crippen LogP contribution in [0, 0.1) is 23.7 Å². The number of carboxylic acids is 1. The fourth-order valence-corrected chi connectivity index (χ4v) is 3.71. The number of hydrogen-bond donors (Lipinski definition) is 5. The summed E-state index contributed by atoms with van der Waals surface area (Å²) in [6.07, 6.45) is 0.859. The molecule has 0 radical (unpaired) electrons. The summed E-state index contributed by atoms with van der Waals surface area (Å²) in [5.41, 5.74) is -1.64. The van der Waals surface area contributed by atoms with Gasteiger partial charge in [-0.25, -0.2) is 4.79 Å². The van der Waals surface area contributed by atoms with Gasteiger partial charge in [0, 0.05) is 30.8 Å². The van der Waals surface area contributed by atoms with Gasteiger partial charge in [-0.05, 0) is 24.8 Å². The van der Waals surface area contributed by atoms with Gasteiger partial charge in [0.25, 0.3) is 0 Å². The zero-order valence-electron chi connectivity index (χ0n) is 14.9. The molecule has 0 spiro atoms. The Balaban J connectivity index is 2.30. The lowest BCUT2D eigenvalue weighted by atomic mass is 9.66. The quantitative estimate of drug-likeness (QED) is 0.383. The molecule has 1 aromatic carbocycles. The van der Waals surface area contributed by atoms with Gasteiger partial charge in [-0.2, -0.15) is 0 Å². The van der Waals surface area contributed by atoms with Crippen LogP contribution in [0.5, 0.6) is 0 Å². The van der Waals surface area contributed by atoms with Crippen LogP contribution in [0.15, 0.2) is 30.3 Å². The molecule has 6 heteroatoms. The fraction of sp³-hybridized carbons (Fsp3) is 0.550. The van der Waals surface area contributed by atoms with Crippen molar-refractivity contribution in [3.05, 3.63) is 35.9 Å². The average molecular weight is 361 g/mol. The second-order valence-corrected chi connectivity index (χ2v) is 6.72. The number of aliphatic hydroxyl groups is 3. The monoisotopic (exact) mass is 361 g/mol. The van der Waals surface area contributed by atoms with Crippen LogP contribution in [0.1, 0.15) is 38.2 Å². The SMILES string of the molecule is CCC#CC1CC(NCC(O)O)CCC1[C@@](O)(C(=O)O)c1ccccc1. The van der Waals surface area contributed by atoms with Crippen LogP contribution in [0.2, 0.25) is 0 Å². The van der Waals surface area contributed by atoms with Gasteiger partial charge in [0.15, 0.2) is 11.9 Å². The number of carbonyl (C=O) groups is 1. The molecular formula is C20H27NO5. The summed E-state index contributed by atoms with van der Waals surface area (Å²) < 4.78 is 0. The maximum atomic E-state index is 12.1. The normalized spacial score (nSPS) is 25.2. The minimum absolute atomic E-state index is 0.00183. The maximum absolute atomic E-state index is 12.1. The molecule has 0 heterocycles. The molecule has 0 amide bonds. The fourth-order valence-electron chi connectivity index (χ4n) is 3.71. The standard InChI is InChI=1S/C20H27NO5/c1-2-3-7-14-12-16(21-13-18(22)23)10-11-17(14)20(26,19(24)25)15-8-5-4-6-9-15/h4-6,8-9,14,16-18,21-23,26H,2,10-13H2,1H3,(H,24,25)/t14?,16?,17?,20-/m1/s1. The predicted molar refractivity (Wildman–Crippen MR) is 96.9 cm³/mol. The van der Waals surface area contributed by atoms with E-state index in [1.807, 2.05) is 6.92 Å². The topological polar surface area (TPSA) is 110 Å². The molecular weight excluding hydrogens is 334 g/mol. The van der Waals surface area contributed by atoms with Crippen molar-refractivity contribution in [3.8, 4) is 11.8 Å². The van der Waals surface area contributed by atoms with Gasteiger partial charge in [0.2, 0.25) is 0 Å². The van der Waals surface area contributed by atoms with Gasteiger partial charge in [-0.15, -0.1) is 5.92 Å². The first-order valence-corrected chi connectivity index (χ1v) is 8.98. The van der Waals surface area contributed by atoms with Crippen molar-refractivity contribution in [3.63, 3.8) is 0 Å². The first-order valence-electron chi connectivity index (χ1n) is 8.98. The highest BCUT2D eigenvalue weighted by Gasteiger charge is 2.50. The molecule has 142 valence electrons. The summed E-state index contributed by atoms with van der Waals surface area (Å²) >= 11 is 0. The lowest BCUT2D eigenvalue weighted by Gasteiger charge is -2.41. The highest BCUT2D eigenvalue weighted by atomic mass is 16.5. The Hall–Kier alpha value is -1.91. The average Bonchev–Trinajstić information content (AvgIpc) is 2.64. The molecule has 26 heavy (non-hydrogen) atoms. The third-order valence-corrected chi connectivity index (χ3v) is 4.98. The van der Waals surface area contributed by atoms with Crippen molar-refractivity contribution in [1.29, 1.82) is 0 Å². The Morgan fingerprint density at radius 3 is 2.58 bits per heavy atom. The lowest BCUT2D eigenvalue weighted by Crippen LogP contribution is -2.50. The molecule has 0 saturated heterocycles. The molecule has 4 atom stereocenters. The Labute approximate surface area is 153 Å². The Morgan fingerprint density at radius 2 is 2.00 bits per heavy atom. The Bertz CT molecular complexity index is 651. The number of rotatable bonds is 6. The van der Waals surface area contributed by atoms with Crippen molar-refractivity contribution in [1.82, 2.24) is 5.32 Å². The van der Waals surface area contributed by atoms with Gasteiger partial charge in [0.1, 0.15) is 0 Å².